The van der Waals surface area contributed by atoms with Crippen molar-refractivity contribution in [3.8, 4) is 0 Å². The third kappa shape index (κ3) is 1.66. The molecule has 0 N–H and O–H groups in total. The van der Waals surface area contributed by atoms with Crippen LogP contribution in [0.4, 0.5) is 0 Å². The molecule has 0 heterocycles. The molecule has 0 saturated heterocycles. The molecular formula is C6H6Br2O2. The summed E-state index contributed by atoms with van der Waals surface area (Å²) < 4.78 is 0. The lowest BCUT2D eigenvalue weighted by Crippen LogP contribution is -2.32. The van der Waals surface area contributed by atoms with Crippen molar-refractivity contribution < 1.29 is 9.59 Å². The first-order valence-corrected chi connectivity index (χ1v) is 4.78. The van der Waals surface area contributed by atoms with Crippen LogP contribution in [0.2, 0.25) is 0 Å². The first kappa shape index (κ1) is 8.40. The molecule has 0 spiro atoms. The van der Waals surface area contributed by atoms with Gasteiger partial charge < -0.3 is 0 Å². The summed E-state index contributed by atoms with van der Waals surface area (Å²) >= 11 is 6.26. The van der Waals surface area contributed by atoms with Gasteiger partial charge >= 0.3 is 0 Å². The third-order valence-electron chi connectivity index (χ3n) is 1.46. The van der Waals surface area contributed by atoms with E-state index >= 15 is 0 Å². The molecule has 0 aliphatic heterocycles. The zero-order valence-electron chi connectivity index (χ0n) is 5.14. The number of carbonyl (C=O) groups is 2. The fourth-order valence-electron chi connectivity index (χ4n) is 0.837. The molecule has 2 nitrogen and oxygen atoms in total. The molecule has 0 unspecified atom stereocenters. The minimum Gasteiger partial charge on any atom is -0.298 e. The van der Waals surface area contributed by atoms with Crippen LogP contribution in [0.5, 0.6) is 0 Å². The van der Waals surface area contributed by atoms with Gasteiger partial charge in [0.05, 0.1) is 9.65 Å². The van der Waals surface area contributed by atoms with Crippen molar-refractivity contribution in [3.63, 3.8) is 0 Å². The van der Waals surface area contributed by atoms with Crippen LogP contribution in [0.1, 0.15) is 12.8 Å². The summed E-state index contributed by atoms with van der Waals surface area (Å²) in [5.41, 5.74) is 0. The Morgan fingerprint density at radius 2 is 1.30 bits per heavy atom. The number of Topliss-reactive ketones (excluding diaryl/α,β-unsaturated/α-hetero) is 2. The molecule has 0 aromatic rings. The van der Waals surface area contributed by atoms with Gasteiger partial charge in [0.25, 0.3) is 0 Å². The van der Waals surface area contributed by atoms with Crippen LogP contribution in [0.3, 0.4) is 0 Å². The Balaban J connectivity index is 2.63. The van der Waals surface area contributed by atoms with Gasteiger partial charge in [0.15, 0.2) is 0 Å². The van der Waals surface area contributed by atoms with Crippen molar-refractivity contribution in [2.45, 2.75) is 22.5 Å². The lowest BCUT2D eigenvalue weighted by atomic mass is 9.98. The fourth-order valence-corrected chi connectivity index (χ4v) is 1.85. The highest BCUT2D eigenvalue weighted by molar-refractivity contribution is 9.10. The van der Waals surface area contributed by atoms with Gasteiger partial charge in [-0.2, -0.15) is 0 Å². The number of carbonyl (C=O) groups excluding carboxylic acids is 2. The highest BCUT2D eigenvalue weighted by Crippen LogP contribution is 2.23. The van der Waals surface area contributed by atoms with Crippen molar-refractivity contribution in [1.29, 1.82) is 0 Å². The zero-order chi connectivity index (χ0) is 7.72. The van der Waals surface area contributed by atoms with E-state index in [1.807, 2.05) is 0 Å². The van der Waals surface area contributed by atoms with Gasteiger partial charge in [-0.05, 0) is 0 Å². The van der Waals surface area contributed by atoms with Gasteiger partial charge in [-0.3, -0.25) is 9.59 Å². The Hall–Kier alpha value is 0.300. The molecule has 0 aromatic carbocycles. The van der Waals surface area contributed by atoms with Gasteiger partial charge in [0, 0.05) is 12.8 Å². The number of hydrogen-bond acceptors (Lipinski definition) is 2. The minimum absolute atomic E-state index is 0.112. The first-order chi connectivity index (χ1) is 4.61. The van der Waals surface area contributed by atoms with E-state index in [-0.39, 0.29) is 21.2 Å². The maximum Gasteiger partial charge on any atom is 0.148 e. The second-order valence-electron chi connectivity index (χ2n) is 2.28. The maximum atomic E-state index is 10.9. The van der Waals surface area contributed by atoms with Crippen molar-refractivity contribution in [2.75, 3.05) is 0 Å². The average Bonchev–Trinajstić information content (AvgIpc) is 1.84. The Morgan fingerprint density at radius 3 is 1.60 bits per heavy atom. The molecule has 0 amide bonds. The Kier molecular flexibility index (Phi) is 2.63. The molecule has 56 valence electrons. The number of rotatable bonds is 0. The summed E-state index contributed by atoms with van der Waals surface area (Å²) in [7, 11) is 0. The van der Waals surface area contributed by atoms with Crippen LogP contribution < -0.4 is 0 Å². The lowest BCUT2D eigenvalue weighted by Gasteiger charge is -2.17. The summed E-state index contributed by atoms with van der Waals surface area (Å²) in [6, 6.07) is 0. The Labute approximate surface area is 75.6 Å². The zero-order valence-corrected chi connectivity index (χ0v) is 8.31. The van der Waals surface area contributed by atoms with Crippen LogP contribution in [0.15, 0.2) is 0 Å². The molecule has 1 rings (SSSR count). The van der Waals surface area contributed by atoms with Crippen LogP contribution in [-0.4, -0.2) is 21.2 Å². The molecule has 0 aromatic heterocycles. The smallest absolute Gasteiger partial charge is 0.148 e. The quantitative estimate of drug-likeness (QED) is 0.624. The van der Waals surface area contributed by atoms with Crippen molar-refractivity contribution >= 4 is 43.4 Å². The summed E-state index contributed by atoms with van der Waals surface area (Å²) in [4.78, 5) is 21.4. The molecular weight excluding hydrogens is 264 g/mol. The highest BCUT2D eigenvalue weighted by Gasteiger charge is 2.31. The number of hydrogen-bond donors (Lipinski definition) is 0. The van der Waals surface area contributed by atoms with E-state index in [0.29, 0.717) is 12.8 Å². The predicted octanol–water partition coefficient (Wildman–Crippen LogP) is 1.45. The predicted molar refractivity (Wildman–Crippen MR) is 44.7 cm³/mol. The molecule has 1 aliphatic rings. The molecule has 1 saturated carbocycles. The van der Waals surface area contributed by atoms with Crippen LogP contribution in [-0.2, 0) is 9.59 Å². The standard InChI is InChI=1S/C6H6Br2O2/c7-3-1-5(9)4(8)2-6(3)10/h3-4H,1-2H2/t3-,4-/m0/s1. The highest BCUT2D eigenvalue weighted by atomic mass is 79.9. The number of ketones is 2. The lowest BCUT2D eigenvalue weighted by molar-refractivity contribution is -0.127. The van der Waals surface area contributed by atoms with E-state index in [4.69, 9.17) is 0 Å². The minimum atomic E-state index is -0.242. The summed E-state index contributed by atoms with van der Waals surface area (Å²) in [5.74, 6) is 0.225. The summed E-state index contributed by atoms with van der Waals surface area (Å²) in [6.45, 7) is 0. The van der Waals surface area contributed by atoms with E-state index in [0.717, 1.165) is 0 Å². The molecule has 10 heavy (non-hydrogen) atoms. The average molecular weight is 270 g/mol. The van der Waals surface area contributed by atoms with E-state index in [1.165, 1.54) is 0 Å². The van der Waals surface area contributed by atoms with E-state index in [2.05, 4.69) is 31.9 Å². The molecule has 2 atom stereocenters. The Morgan fingerprint density at radius 1 is 1.00 bits per heavy atom. The van der Waals surface area contributed by atoms with Crippen LogP contribution >= 0.6 is 31.9 Å². The number of alkyl halides is 2. The van der Waals surface area contributed by atoms with Crippen molar-refractivity contribution in [2.24, 2.45) is 0 Å². The van der Waals surface area contributed by atoms with Crippen molar-refractivity contribution in [3.05, 3.63) is 0 Å². The number of halogens is 2. The van der Waals surface area contributed by atoms with Gasteiger partial charge in [-0.1, -0.05) is 31.9 Å². The van der Waals surface area contributed by atoms with E-state index in [1.54, 1.807) is 0 Å². The second-order valence-corrected chi connectivity index (χ2v) is 4.49. The Bertz CT molecular complexity index is 159. The second kappa shape index (κ2) is 3.13. The maximum absolute atomic E-state index is 10.9. The SMILES string of the molecule is O=C1C[C@H](Br)C(=O)C[C@@H]1Br. The van der Waals surface area contributed by atoms with E-state index < -0.39 is 0 Å². The van der Waals surface area contributed by atoms with Crippen LogP contribution in [0, 0.1) is 0 Å². The van der Waals surface area contributed by atoms with Gasteiger partial charge in [0.2, 0.25) is 0 Å². The monoisotopic (exact) mass is 268 g/mol. The van der Waals surface area contributed by atoms with Crippen LogP contribution in [0.25, 0.3) is 0 Å². The third-order valence-corrected chi connectivity index (χ3v) is 3.13. The van der Waals surface area contributed by atoms with Gasteiger partial charge in [-0.25, -0.2) is 0 Å². The van der Waals surface area contributed by atoms with Crippen molar-refractivity contribution in [1.82, 2.24) is 0 Å². The molecule has 1 aliphatic carbocycles. The topological polar surface area (TPSA) is 34.1 Å². The molecule has 0 bridgehead atoms. The summed E-state index contributed by atoms with van der Waals surface area (Å²) in [6.07, 6.45) is 0.656. The normalized spacial score (nSPS) is 34.6. The fraction of sp³-hybridized carbons (Fsp3) is 0.667. The van der Waals surface area contributed by atoms with Gasteiger partial charge in [-0.15, -0.1) is 0 Å². The largest absolute Gasteiger partial charge is 0.298 e. The first-order valence-electron chi connectivity index (χ1n) is 2.95. The molecule has 4 heteroatoms. The molecule has 0 radical (unpaired) electrons. The molecule has 1 fully saturated rings. The summed E-state index contributed by atoms with van der Waals surface area (Å²) in [5, 5.41) is 0. The van der Waals surface area contributed by atoms with Gasteiger partial charge in [0.1, 0.15) is 11.6 Å². The van der Waals surface area contributed by atoms with E-state index in [9.17, 15) is 9.59 Å².